The van der Waals surface area contributed by atoms with E-state index in [0.29, 0.717) is 23.9 Å². The maximum absolute atomic E-state index is 13.7. The van der Waals surface area contributed by atoms with Crippen LogP contribution >= 0.6 is 11.3 Å². The molecule has 0 aliphatic heterocycles. The second kappa shape index (κ2) is 8.46. The van der Waals surface area contributed by atoms with Gasteiger partial charge in [0.2, 0.25) is 0 Å². The first-order chi connectivity index (χ1) is 13.7. The van der Waals surface area contributed by atoms with Crippen molar-refractivity contribution in [2.75, 3.05) is 17.9 Å². The topological polar surface area (TPSA) is 112 Å². The van der Waals surface area contributed by atoms with Crippen LogP contribution in [0.5, 0.6) is 5.75 Å². The molecule has 29 heavy (non-hydrogen) atoms. The summed E-state index contributed by atoms with van der Waals surface area (Å²) in [5.74, 6) is -1.67. The number of benzene rings is 1. The number of hydrogen-bond acceptors (Lipinski definition) is 8. The lowest BCUT2D eigenvalue weighted by molar-refractivity contribution is 0.0517. The van der Waals surface area contributed by atoms with Gasteiger partial charge in [0, 0.05) is 6.92 Å². The molecule has 156 valence electrons. The Morgan fingerprint density at radius 2 is 2.07 bits per heavy atom. The fourth-order valence-electron chi connectivity index (χ4n) is 2.41. The van der Waals surface area contributed by atoms with Gasteiger partial charge in [0.15, 0.2) is 16.6 Å². The molecule has 1 aromatic heterocycles. The summed E-state index contributed by atoms with van der Waals surface area (Å²) in [7, 11) is -4.29. The first kappa shape index (κ1) is 21.2. The van der Waals surface area contributed by atoms with Crippen molar-refractivity contribution in [3.8, 4) is 5.75 Å². The Balaban J connectivity index is 1.91. The number of thiazole rings is 1. The first-order valence-electron chi connectivity index (χ1n) is 8.85. The molecule has 2 aromatic rings. The Morgan fingerprint density at radius 3 is 2.69 bits per heavy atom. The molecule has 3 rings (SSSR count). The zero-order valence-corrected chi connectivity index (χ0v) is 17.4. The van der Waals surface area contributed by atoms with Crippen molar-refractivity contribution in [3.63, 3.8) is 0 Å². The number of ether oxygens (including phenoxy) is 2. The summed E-state index contributed by atoms with van der Waals surface area (Å²) >= 11 is 0.695. The molecule has 1 aliphatic rings. The van der Waals surface area contributed by atoms with E-state index in [-0.39, 0.29) is 28.1 Å². The Hall–Kier alpha value is -2.53. The number of hydrogen-bond donors (Lipinski definition) is 1. The molecule has 0 unspecified atom stereocenters. The van der Waals surface area contributed by atoms with Gasteiger partial charge >= 0.3 is 5.97 Å². The molecule has 1 heterocycles. The quantitative estimate of drug-likeness (QED) is 0.469. The molecule has 11 heteroatoms. The highest BCUT2D eigenvalue weighted by molar-refractivity contribution is 7.93. The van der Waals surface area contributed by atoms with Gasteiger partial charge < -0.3 is 9.47 Å². The number of rotatable bonds is 9. The van der Waals surface area contributed by atoms with E-state index in [9.17, 15) is 22.4 Å². The van der Waals surface area contributed by atoms with E-state index in [1.165, 1.54) is 13.0 Å². The number of aromatic nitrogens is 1. The van der Waals surface area contributed by atoms with Crippen molar-refractivity contribution in [3.05, 3.63) is 34.6 Å². The maximum Gasteiger partial charge on any atom is 0.358 e. The van der Waals surface area contributed by atoms with Crippen LogP contribution in [-0.4, -0.2) is 38.4 Å². The highest BCUT2D eigenvalue weighted by atomic mass is 32.2. The summed E-state index contributed by atoms with van der Waals surface area (Å²) < 4.78 is 52.0. The zero-order chi connectivity index (χ0) is 21.2. The van der Waals surface area contributed by atoms with E-state index in [4.69, 9.17) is 9.47 Å². The van der Waals surface area contributed by atoms with Gasteiger partial charge in [-0.05, 0) is 43.9 Å². The molecule has 1 N–H and O–H groups in total. The molecule has 0 atom stereocenters. The molecule has 0 spiro atoms. The normalized spacial score (nSPS) is 13.8. The molecule has 0 bridgehead atoms. The summed E-state index contributed by atoms with van der Waals surface area (Å²) in [6.45, 7) is 3.23. The van der Waals surface area contributed by atoms with Gasteiger partial charge in [-0.15, -0.1) is 0 Å². The Morgan fingerprint density at radius 1 is 1.34 bits per heavy atom. The van der Waals surface area contributed by atoms with E-state index in [0.717, 1.165) is 25.0 Å². The number of nitrogens with zero attached hydrogens (tertiary/aromatic N) is 1. The summed E-state index contributed by atoms with van der Waals surface area (Å²) in [5, 5.41) is -0.212. The Labute approximate surface area is 171 Å². The van der Waals surface area contributed by atoms with E-state index < -0.39 is 32.5 Å². The van der Waals surface area contributed by atoms with Crippen LogP contribution in [0.25, 0.3) is 0 Å². The van der Waals surface area contributed by atoms with Crippen LogP contribution in [0.15, 0.2) is 23.1 Å². The molecule has 0 radical (unpaired) electrons. The minimum absolute atomic E-state index is 0.0137. The number of sulfonamides is 1. The number of ketones is 1. The van der Waals surface area contributed by atoms with E-state index in [1.54, 1.807) is 6.92 Å². The molecule has 1 saturated carbocycles. The van der Waals surface area contributed by atoms with Gasteiger partial charge in [-0.2, -0.15) is 0 Å². The van der Waals surface area contributed by atoms with Gasteiger partial charge in [0.25, 0.3) is 10.0 Å². The van der Waals surface area contributed by atoms with Gasteiger partial charge in [-0.1, -0.05) is 11.3 Å². The Kier molecular flexibility index (Phi) is 6.18. The average molecular weight is 442 g/mol. The number of nitrogens with one attached hydrogen (secondary N) is 1. The average Bonchev–Trinajstić information content (AvgIpc) is 3.38. The molecule has 1 aliphatic carbocycles. The van der Waals surface area contributed by atoms with Crippen LogP contribution in [0, 0.1) is 11.7 Å². The second-order valence-electron chi connectivity index (χ2n) is 6.42. The second-order valence-corrected chi connectivity index (χ2v) is 9.07. The predicted molar refractivity (Wildman–Crippen MR) is 104 cm³/mol. The molecular formula is C18H19FN2O6S2. The number of carbonyl (C=O) groups excluding carboxylic acids is 2. The van der Waals surface area contributed by atoms with Crippen LogP contribution < -0.4 is 9.46 Å². The van der Waals surface area contributed by atoms with Crippen LogP contribution in [0.4, 0.5) is 9.52 Å². The van der Waals surface area contributed by atoms with E-state index >= 15 is 0 Å². The van der Waals surface area contributed by atoms with Crippen molar-refractivity contribution in [1.29, 1.82) is 0 Å². The van der Waals surface area contributed by atoms with Crippen molar-refractivity contribution >= 4 is 38.2 Å². The lowest BCUT2D eigenvalue weighted by Gasteiger charge is -2.12. The van der Waals surface area contributed by atoms with Crippen molar-refractivity contribution in [1.82, 2.24) is 4.98 Å². The minimum Gasteiger partial charge on any atom is -0.492 e. The maximum atomic E-state index is 13.7. The SMILES string of the molecule is CCOC(=O)c1nc(NS(=O)(=O)c2cc(F)ccc2OCC2CC2)sc1C(C)=O. The summed E-state index contributed by atoms with van der Waals surface area (Å²) in [5.41, 5.74) is -0.272. The molecule has 8 nitrogen and oxygen atoms in total. The lowest BCUT2D eigenvalue weighted by atomic mass is 10.3. The largest absolute Gasteiger partial charge is 0.492 e. The van der Waals surface area contributed by atoms with Gasteiger partial charge in [0.05, 0.1) is 13.2 Å². The smallest absolute Gasteiger partial charge is 0.358 e. The summed E-state index contributed by atoms with van der Waals surface area (Å²) in [4.78, 5) is 27.3. The van der Waals surface area contributed by atoms with Gasteiger partial charge in [-0.3, -0.25) is 9.52 Å². The predicted octanol–water partition coefficient (Wildman–Crippen LogP) is 3.25. The van der Waals surface area contributed by atoms with E-state index in [2.05, 4.69) is 9.71 Å². The van der Waals surface area contributed by atoms with Crippen LogP contribution in [0.1, 0.15) is 46.8 Å². The monoisotopic (exact) mass is 442 g/mol. The molecule has 0 amide bonds. The fourth-order valence-corrected chi connectivity index (χ4v) is 4.65. The lowest BCUT2D eigenvalue weighted by Crippen LogP contribution is -2.15. The van der Waals surface area contributed by atoms with Crippen LogP contribution in [0.2, 0.25) is 0 Å². The highest BCUT2D eigenvalue weighted by Gasteiger charge is 2.28. The summed E-state index contributed by atoms with van der Waals surface area (Å²) in [6.07, 6.45) is 2.01. The summed E-state index contributed by atoms with van der Waals surface area (Å²) in [6, 6.07) is 3.20. The third-order valence-electron chi connectivity index (χ3n) is 4.00. The zero-order valence-electron chi connectivity index (χ0n) is 15.7. The van der Waals surface area contributed by atoms with Gasteiger partial charge in [0.1, 0.15) is 21.3 Å². The first-order valence-corrected chi connectivity index (χ1v) is 11.1. The van der Waals surface area contributed by atoms with E-state index in [1.807, 2.05) is 0 Å². The van der Waals surface area contributed by atoms with Crippen LogP contribution in [0.3, 0.4) is 0 Å². The third-order valence-corrected chi connectivity index (χ3v) is 6.57. The number of carbonyl (C=O) groups is 2. The molecule has 1 aromatic carbocycles. The fraction of sp³-hybridized carbons (Fsp3) is 0.389. The minimum atomic E-state index is -4.29. The number of anilines is 1. The van der Waals surface area contributed by atoms with Crippen molar-refractivity contribution in [2.24, 2.45) is 5.92 Å². The number of halogens is 1. The highest BCUT2D eigenvalue weighted by Crippen LogP contribution is 2.33. The van der Waals surface area contributed by atoms with Crippen molar-refractivity contribution in [2.45, 2.75) is 31.6 Å². The standard InChI is InChI=1S/C18H19FN2O6S2/c1-3-26-17(23)15-16(10(2)22)28-18(20-15)21-29(24,25)14-8-12(19)6-7-13(14)27-9-11-4-5-11/h6-8,11H,3-5,9H2,1-2H3,(H,20,21). The molecule has 0 saturated heterocycles. The number of Topliss-reactive ketones (excluding diaryl/α,β-unsaturated/α-hetero) is 1. The van der Waals surface area contributed by atoms with Crippen LogP contribution in [-0.2, 0) is 14.8 Å². The number of esters is 1. The molecule has 1 fully saturated rings. The Bertz CT molecular complexity index is 1050. The van der Waals surface area contributed by atoms with Gasteiger partial charge in [-0.25, -0.2) is 22.6 Å². The third kappa shape index (κ3) is 5.10. The molecular weight excluding hydrogens is 423 g/mol. The van der Waals surface area contributed by atoms with Crippen molar-refractivity contribution < 1.29 is 31.9 Å².